The molecule has 15 heterocycles. The van der Waals surface area contributed by atoms with E-state index < -0.39 is 57.8 Å². The predicted octanol–water partition coefficient (Wildman–Crippen LogP) is 11.8. The molecule has 0 radical (unpaired) electrons. The Bertz CT molecular complexity index is 6010. The molecular weight excluding hydrogens is 2010 g/mol. The molecule has 18 rings (SSSR count). The third-order valence-electron chi connectivity index (χ3n) is 22.2. The summed E-state index contributed by atoms with van der Waals surface area (Å²) in [7, 11) is 0. The Hall–Kier alpha value is -13.5. The van der Waals surface area contributed by atoms with Crippen molar-refractivity contribution in [3.63, 3.8) is 0 Å². The first-order valence-electron chi connectivity index (χ1n) is 44.8. The van der Waals surface area contributed by atoms with E-state index in [4.69, 9.17) is 30.4 Å². The lowest BCUT2D eigenvalue weighted by atomic mass is 10.1. The van der Waals surface area contributed by atoms with Crippen molar-refractivity contribution in [2.75, 3.05) is 56.8 Å². The maximum Gasteiger partial charge on any atom is 0.417 e. The number of benzene rings is 3. The molecule has 8 aliphatic heterocycles. The Morgan fingerprint density at radius 2 is 0.829 bits per heavy atom. The van der Waals surface area contributed by atoms with E-state index in [2.05, 4.69) is 110 Å². The molecule has 4 fully saturated rings. The molecule has 40 nitrogen and oxygen atoms in total. The van der Waals surface area contributed by atoms with Gasteiger partial charge in [0.25, 0.3) is 0 Å². The van der Waals surface area contributed by atoms with Crippen LogP contribution in [0, 0.1) is 38.5 Å². The number of nitrogens with one attached hydrogen (secondary N) is 4. The standard InChI is InChI=1S/C23H22F3N7O2.C20H27N7O3.C16H25N5O3.C13H8F3NO2.C12H18IN3O2.C4H3BrN2.C4H8N2O/c1-13-10-33-19(12-31(13)20(34)7-14-5-16(24)22(26)17(25)6-14)18(9-29-33)32-11-15(8-21(32)35)30-23-27-3-2-4-28-23;1-13-10-27-16(12-25(13)19(29)30-20(2,3)4)15(9-23-27)26-11-14(8-17(26)28)24-18-21-6-5-7-22-18;1-10-7-21-13(9-19(10)15(23)24-16(2,3)4)12(6-18-21)20-8-11(17)5-14(20)22;14-10-6-8(7-11(15)12(10)16)17-13(18)19-9-4-2-1-3-5-9;1-8-6-16-10(9(13)5-14-16)7-15(8)11(17)18-12(2,3)4;5-4-6-2-1-3-7-4;5-3-1-4(7)6-2-3/h2-6,9,13,15H,7-8,10-12H2,1H3,(H,27,28,30);5-7,9,13-14H,8,10-12H2,1-4H3,(H,21,22,24);6,10-11H,5,7-9,17H2,1-4H3;1-7H,(H,17,18);5,8H,6-7H2,1-4H3;1-3H;3H,1-2,5H2,(H,6,7)/t13-,15?;13-,14?;10-,11?;;8-;;/m000.0../s1. The van der Waals surface area contributed by atoms with Crippen LogP contribution < -0.4 is 52.2 Å². The highest BCUT2D eigenvalue weighted by Gasteiger charge is 2.43. The molecule has 140 heavy (non-hydrogen) atoms. The van der Waals surface area contributed by atoms with Gasteiger partial charge in [-0.25, -0.2) is 75.4 Å². The smallest absolute Gasteiger partial charge is 0.417 e. The van der Waals surface area contributed by atoms with Crippen LogP contribution in [0.25, 0.3) is 0 Å². The second kappa shape index (κ2) is 46.1. The Kier molecular flexibility index (Phi) is 34.7. The lowest BCUT2D eigenvalue weighted by molar-refractivity contribution is -0.134. The molecule has 3 aromatic carbocycles. The highest BCUT2D eigenvalue weighted by atomic mass is 127. The first kappa shape index (κ1) is 105. The average molecular weight is 2120 g/mol. The van der Waals surface area contributed by atoms with Crippen LogP contribution in [-0.2, 0) is 97.0 Å². The minimum Gasteiger partial charge on any atom is -0.444 e. The summed E-state index contributed by atoms with van der Waals surface area (Å²) in [5, 5.41) is 28.6. The van der Waals surface area contributed by atoms with Crippen molar-refractivity contribution in [2.24, 2.45) is 11.5 Å². The number of halogens is 8. The van der Waals surface area contributed by atoms with Gasteiger partial charge in [0.2, 0.25) is 41.4 Å². The van der Waals surface area contributed by atoms with Gasteiger partial charge in [-0.05, 0) is 177 Å². The molecule has 10 aromatic rings. The normalized spacial score (nSPS) is 19.6. The third-order valence-corrected chi connectivity index (χ3v) is 23.6. The fourth-order valence-corrected chi connectivity index (χ4v) is 16.5. The Balaban J connectivity index is 0.000000154. The molecule has 4 unspecified atom stereocenters. The van der Waals surface area contributed by atoms with E-state index in [0.29, 0.717) is 125 Å². The number of rotatable bonds is 11. The molecule has 4 saturated heterocycles. The summed E-state index contributed by atoms with van der Waals surface area (Å²) in [6, 6.07) is 15.7. The SMILES string of the molecule is Brc1ncccn1.C[C@H]1Cn2ncc(I)c2CN1C(=O)OC(C)(C)C.C[C@H]1Cn2ncc(N3CC(N)CC3=O)c2CN1C(=O)OC(C)(C)C.C[C@H]1Cn2ncc(N3CC(Nc4ncccn4)CC3=O)c2CN1C(=O)Cc1cc(F)c(F)c(F)c1.C[C@H]1Cn2ncc(N3CC(Nc4ncccn4)CC3=O)c2CN1C(=O)OC(C)(C)C.NC1CNC(=O)C1.O=C(Nc1cc(F)c(F)c(F)c1)Oc1ccccc1. The molecule has 48 heteroatoms. The van der Waals surface area contributed by atoms with E-state index in [0.717, 1.165) is 50.7 Å². The zero-order valence-electron chi connectivity index (χ0n) is 79.2. The Labute approximate surface area is 824 Å². The summed E-state index contributed by atoms with van der Waals surface area (Å²) < 4.78 is 109. The topological polar surface area (TPSA) is 462 Å². The molecule has 8 atom stereocenters. The number of carbonyl (C=O) groups is 9. The van der Waals surface area contributed by atoms with E-state index in [1.807, 2.05) is 110 Å². The first-order chi connectivity index (χ1) is 66.2. The number of hydrogen-bond acceptors (Lipinski definition) is 27. The van der Waals surface area contributed by atoms with Crippen LogP contribution in [0.2, 0.25) is 0 Å². The van der Waals surface area contributed by atoms with E-state index in [-0.39, 0.29) is 133 Å². The number of fused-ring (bicyclic) bond motifs is 4. The second-order valence-electron chi connectivity index (χ2n) is 37.0. The number of aromatic nitrogens is 14. The molecule has 0 saturated carbocycles. The quantitative estimate of drug-likeness (QED) is 0.0230. The van der Waals surface area contributed by atoms with Gasteiger partial charge in [0.05, 0.1) is 163 Å². The van der Waals surface area contributed by atoms with Crippen LogP contribution >= 0.6 is 38.5 Å². The van der Waals surface area contributed by atoms with E-state index in [1.54, 1.807) is 131 Å². The van der Waals surface area contributed by atoms with E-state index >= 15 is 0 Å². The monoisotopic (exact) mass is 2120 g/mol. The first-order valence-corrected chi connectivity index (χ1v) is 46.7. The van der Waals surface area contributed by atoms with Gasteiger partial charge in [-0.3, -0.25) is 62.7 Å². The van der Waals surface area contributed by atoms with Crippen molar-refractivity contribution >= 4 is 127 Å². The van der Waals surface area contributed by atoms with Gasteiger partial charge >= 0.3 is 24.4 Å². The summed E-state index contributed by atoms with van der Waals surface area (Å²) >= 11 is 5.33. The van der Waals surface area contributed by atoms with Crippen LogP contribution in [0.15, 0.2) is 139 Å². The number of carbonyl (C=O) groups excluding carboxylic acids is 9. The van der Waals surface area contributed by atoms with Crippen molar-refractivity contribution < 1.29 is 88.4 Å². The zero-order valence-corrected chi connectivity index (χ0v) is 83.0. The van der Waals surface area contributed by atoms with Gasteiger partial charge in [-0.2, -0.15) is 20.4 Å². The molecular formula is C92H111BrF6IN27O13. The number of para-hydroxylation sites is 1. The summed E-state index contributed by atoms with van der Waals surface area (Å²) in [6.45, 7) is 30.2. The molecule has 0 aliphatic carbocycles. The molecule has 0 spiro atoms. The maximum absolute atomic E-state index is 13.6. The molecule has 8 aliphatic rings. The molecule has 7 aromatic heterocycles. The minimum absolute atomic E-state index is 0.000685. The van der Waals surface area contributed by atoms with Crippen molar-refractivity contribution in [1.29, 1.82) is 0 Å². The van der Waals surface area contributed by atoms with Crippen LogP contribution in [-0.4, -0.2) is 234 Å². The van der Waals surface area contributed by atoms with Crippen LogP contribution in [0.3, 0.4) is 0 Å². The molecule has 0 bridgehead atoms. The van der Waals surface area contributed by atoms with Gasteiger partial charge in [-0.15, -0.1) is 0 Å². The average Bonchev–Trinajstić information content (AvgIpc) is 1.63. The van der Waals surface area contributed by atoms with Crippen LogP contribution in [0.4, 0.5) is 80.2 Å². The van der Waals surface area contributed by atoms with Gasteiger partial charge < -0.3 is 66.0 Å². The fourth-order valence-electron chi connectivity index (χ4n) is 15.7. The molecule has 8 N–H and O–H groups in total. The molecule has 748 valence electrons. The summed E-state index contributed by atoms with van der Waals surface area (Å²) in [6.07, 6.45) is 16.0. The number of amides is 9. The third kappa shape index (κ3) is 28.4. The lowest BCUT2D eigenvalue weighted by Crippen LogP contribution is -2.47. The fraction of sp³-hybridized carbons (Fsp3) is 0.446. The number of hydrogen-bond donors (Lipinski definition) is 6. The van der Waals surface area contributed by atoms with Gasteiger partial charge in [-0.1, -0.05) is 18.2 Å². The van der Waals surface area contributed by atoms with E-state index in [9.17, 15) is 69.5 Å². The summed E-state index contributed by atoms with van der Waals surface area (Å²) in [5.74, 6) is -7.80. The summed E-state index contributed by atoms with van der Waals surface area (Å²) in [4.78, 5) is 146. The lowest BCUT2D eigenvalue weighted by Gasteiger charge is -2.36. The number of nitrogens with two attached hydrogens (primary N) is 2. The largest absolute Gasteiger partial charge is 0.444 e. The van der Waals surface area contributed by atoms with Gasteiger partial charge in [0.15, 0.2) is 39.6 Å². The van der Waals surface area contributed by atoms with Crippen molar-refractivity contribution in [3.05, 3.63) is 206 Å². The number of anilines is 6. The van der Waals surface area contributed by atoms with Crippen molar-refractivity contribution in [2.45, 2.75) is 240 Å². The maximum atomic E-state index is 13.6. The van der Waals surface area contributed by atoms with Crippen molar-refractivity contribution in [1.82, 2.24) is 93.9 Å². The highest BCUT2D eigenvalue weighted by molar-refractivity contribution is 14.1. The summed E-state index contributed by atoms with van der Waals surface area (Å²) in [5.41, 5.74) is 15.0. The van der Waals surface area contributed by atoms with Crippen LogP contribution in [0.1, 0.15) is 144 Å². The zero-order chi connectivity index (χ0) is 102. The van der Waals surface area contributed by atoms with Gasteiger partial charge in [0, 0.05) is 119 Å². The number of nitrogens with zero attached hydrogens (tertiary/aromatic N) is 21. The predicted molar refractivity (Wildman–Crippen MR) is 511 cm³/mol. The minimum atomic E-state index is -1.60. The Morgan fingerprint density at radius 3 is 1.19 bits per heavy atom. The van der Waals surface area contributed by atoms with Gasteiger partial charge in [0.1, 0.15) is 22.6 Å². The second-order valence-corrected chi connectivity index (χ2v) is 38.8. The molecule has 9 amide bonds. The highest BCUT2D eigenvalue weighted by Crippen LogP contribution is 2.37. The number of ether oxygens (including phenoxy) is 4. The Morgan fingerprint density at radius 1 is 0.464 bits per heavy atom. The van der Waals surface area contributed by atoms with Crippen LogP contribution in [0.5, 0.6) is 5.75 Å². The van der Waals surface area contributed by atoms with Crippen molar-refractivity contribution in [3.8, 4) is 5.75 Å². The van der Waals surface area contributed by atoms with E-state index in [1.165, 1.54) is 12.1 Å².